The van der Waals surface area contributed by atoms with Crippen LogP contribution in [-0.4, -0.2) is 11.2 Å². The highest BCUT2D eigenvalue weighted by atomic mass is 35.5. The van der Waals surface area contributed by atoms with Crippen molar-refractivity contribution in [3.8, 4) is 17.0 Å². The van der Waals surface area contributed by atoms with E-state index >= 15 is 0 Å². The minimum atomic E-state index is -0.381. The lowest BCUT2D eigenvalue weighted by molar-refractivity contribution is 0.304. The first kappa shape index (κ1) is 20.1. The van der Waals surface area contributed by atoms with E-state index in [4.69, 9.17) is 16.3 Å². The number of rotatable bonds is 7. The van der Waals surface area contributed by atoms with Crippen LogP contribution in [-0.2, 0) is 6.61 Å². The van der Waals surface area contributed by atoms with Crippen LogP contribution in [0.15, 0.2) is 83.3 Å². The molecule has 0 saturated carbocycles. The van der Waals surface area contributed by atoms with Gasteiger partial charge in [-0.25, -0.2) is 9.37 Å². The molecule has 4 nitrogen and oxygen atoms in total. The van der Waals surface area contributed by atoms with Crippen molar-refractivity contribution in [2.75, 3.05) is 5.43 Å². The molecule has 1 aromatic heterocycles. The fourth-order valence-corrected chi connectivity index (χ4v) is 3.63. The lowest BCUT2D eigenvalue weighted by atomic mass is 10.2. The van der Waals surface area contributed by atoms with Crippen LogP contribution in [0.2, 0.25) is 5.02 Å². The highest BCUT2D eigenvalue weighted by Crippen LogP contribution is 2.25. The Labute approximate surface area is 182 Å². The number of nitrogens with zero attached hydrogens (tertiary/aromatic N) is 2. The summed E-state index contributed by atoms with van der Waals surface area (Å²) in [6, 6.07) is 21.6. The van der Waals surface area contributed by atoms with Crippen molar-refractivity contribution in [1.82, 2.24) is 4.98 Å². The van der Waals surface area contributed by atoms with Crippen LogP contribution in [0.1, 0.15) is 11.1 Å². The number of aromatic nitrogens is 1. The molecular weight excluding hydrogens is 421 g/mol. The third-order valence-corrected chi connectivity index (χ3v) is 5.18. The lowest BCUT2D eigenvalue weighted by Crippen LogP contribution is -2.00. The second-order valence-corrected chi connectivity index (χ2v) is 7.67. The average molecular weight is 438 g/mol. The van der Waals surface area contributed by atoms with Gasteiger partial charge < -0.3 is 4.74 Å². The predicted octanol–water partition coefficient (Wildman–Crippen LogP) is 6.63. The number of hydrogen-bond donors (Lipinski definition) is 1. The quantitative estimate of drug-likeness (QED) is 0.261. The molecule has 0 amide bonds. The van der Waals surface area contributed by atoms with Crippen molar-refractivity contribution < 1.29 is 9.13 Å². The Morgan fingerprint density at radius 3 is 2.77 bits per heavy atom. The van der Waals surface area contributed by atoms with Gasteiger partial charge in [-0.15, -0.1) is 11.3 Å². The van der Waals surface area contributed by atoms with Gasteiger partial charge in [0.25, 0.3) is 0 Å². The van der Waals surface area contributed by atoms with Crippen molar-refractivity contribution in [2.24, 2.45) is 5.10 Å². The maximum atomic E-state index is 13.7. The molecule has 30 heavy (non-hydrogen) atoms. The van der Waals surface area contributed by atoms with Crippen LogP contribution < -0.4 is 10.2 Å². The highest BCUT2D eigenvalue weighted by Gasteiger charge is 2.06. The molecule has 0 saturated heterocycles. The molecule has 1 heterocycles. The largest absolute Gasteiger partial charge is 0.488 e. The Balaban J connectivity index is 1.44. The van der Waals surface area contributed by atoms with Gasteiger partial charge in [-0.1, -0.05) is 54.1 Å². The number of halogens is 2. The van der Waals surface area contributed by atoms with Crippen LogP contribution in [0.3, 0.4) is 0 Å². The Bertz CT molecular complexity index is 1160. The molecule has 4 aromatic rings. The summed E-state index contributed by atoms with van der Waals surface area (Å²) in [5.74, 6) is 0.0123. The van der Waals surface area contributed by atoms with Crippen molar-refractivity contribution >= 4 is 34.3 Å². The van der Waals surface area contributed by atoms with Crippen LogP contribution >= 0.6 is 22.9 Å². The predicted molar refractivity (Wildman–Crippen MR) is 121 cm³/mol. The molecule has 4 rings (SSSR count). The number of thiazole rings is 1. The van der Waals surface area contributed by atoms with E-state index in [-0.39, 0.29) is 12.4 Å². The molecule has 0 spiro atoms. The second-order valence-electron chi connectivity index (χ2n) is 6.37. The van der Waals surface area contributed by atoms with E-state index in [1.165, 1.54) is 23.5 Å². The number of hydrogen-bond acceptors (Lipinski definition) is 5. The SMILES string of the molecule is Fc1ccc(C=NNc2nc(-c3ccccc3)cs2)c(OCc2cccc(Cl)c2)c1. The van der Waals surface area contributed by atoms with Crippen LogP contribution in [0.25, 0.3) is 11.3 Å². The van der Waals surface area contributed by atoms with E-state index < -0.39 is 0 Å². The fourth-order valence-electron chi connectivity index (χ4n) is 2.75. The van der Waals surface area contributed by atoms with Crippen molar-refractivity contribution in [3.63, 3.8) is 0 Å². The molecule has 1 N–H and O–H groups in total. The Morgan fingerprint density at radius 2 is 1.93 bits per heavy atom. The number of anilines is 1. The van der Waals surface area contributed by atoms with Gasteiger partial charge in [0.05, 0.1) is 11.9 Å². The zero-order valence-electron chi connectivity index (χ0n) is 15.8. The molecule has 150 valence electrons. The molecule has 0 aliphatic carbocycles. The van der Waals surface area contributed by atoms with Crippen molar-refractivity contribution in [1.29, 1.82) is 0 Å². The zero-order valence-corrected chi connectivity index (χ0v) is 17.3. The fraction of sp³-hybridized carbons (Fsp3) is 0.0435. The summed E-state index contributed by atoms with van der Waals surface area (Å²) in [5.41, 5.74) is 6.38. The molecular formula is C23H17ClFN3OS. The Kier molecular flexibility index (Phi) is 6.37. The molecule has 0 unspecified atom stereocenters. The maximum absolute atomic E-state index is 13.7. The number of benzene rings is 3. The summed E-state index contributed by atoms with van der Waals surface area (Å²) in [6.07, 6.45) is 1.58. The minimum Gasteiger partial charge on any atom is -0.488 e. The van der Waals surface area contributed by atoms with Gasteiger partial charge in [-0.05, 0) is 29.8 Å². The first-order valence-electron chi connectivity index (χ1n) is 9.14. The summed E-state index contributed by atoms with van der Waals surface area (Å²) in [4.78, 5) is 4.52. The lowest BCUT2D eigenvalue weighted by Gasteiger charge is -2.09. The molecule has 0 bridgehead atoms. The van der Waals surface area contributed by atoms with E-state index in [0.29, 0.717) is 21.5 Å². The summed E-state index contributed by atoms with van der Waals surface area (Å²) >= 11 is 7.46. The Hall–Kier alpha value is -3.22. The summed E-state index contributed by atoms with van der Waals surface area (Å²) < 4.78 is 19.5. The van der Waals surface area contributed by atoms with E-state index in [0.717, 1.165) is 16.8 Å². The molecule has 0 fully saturated rings. The first-order valence-corrected chi connectivity index (χ1v) is 10.4. The molecule has 3 aromatic carbocycles. The van der Waals surface area contributed by atoms with E-state index in [1.807, 2.05) is 53.9 Å². The third kappa shape index (κ3) is 5.23. The summed E-state index contributed by atoms with van der Waals surface area (Å²) in [6.45, 7) is 0.269. The molecule has 0 atom stereocenters. The summed E-state index contributed by atoms with van der Waals surface area (Å²) in [5, 5.41) is 7.48. The molecule has 7 heteroatoms. The standard InChI is InChI=1S/C23H17ClFN3OS/c24-19-8-4-5-16(11-19)14-29-22-12-20(25)10-9-18(22)13-26-28-23-27-21(15-30-23)17-6-2-1-3-7-17/h1-13,15H,14H2,(H,27,28). The van der Waals surface area contributed by atoms with Gasteiger partial charge >= 0.3 is 0 Å². The summed E-state index contributed by atoms with van der Waals surface area (Å²) in [7, 11) is 0. The molecule has 0 aliphatic heterocycles. The second kappa shape index (κ2) is 9.52. The third-order valence-electron chi connectivity index (χ3n) is 4.20. The van der Waals surface area contributed by atoms with Crippen molar-refractivity contribution in [2.45, 2.75) is 6.61 Å². The molecule has 0 radical (unpaired) electrons. The van der Waals surface area contributed by atoms with Crippen molar-refractivity contribution in [3.05, 3.63) is 100 Å². The number of hydrazone groups is 1. The van der Waals surface area contributed by atoms with Gasteiger partial charge in [-0.3, -0.25) is 5.43 Å². The van der Waals surface area contributed by atoms with Crippen LogP contribution in [0, 0.1) is 5.82 Å². The topological polar surface area (TPSA) is 46.5 Å². The maximum Gasteiger partial charge on any atom is 0.203 e. The van der Waals surface area contributed by atoms with E-state index in [9.17, 15) is 4.39 Å². The minimum absolute atomic E-state index is 0.269. The number of ether oxygens (including phenoxy) is 1. The van der Waals surface area contributed by atoms with Crippen LogP contribution in [0.5, 0.6) is 5.75 Å². The highest BCUT2D eigenvalue weighted by molar-refractivity contribution is 7.14. The van der Waals surface area contributed by atoms with E-state index in [2.05, 4.69) is 15.5 Å². The number of nitrogens with one attached hydrogen (secondary N) is 1. The van der Waals surface area contributed by atoms with Gasteiger partial charge in [0.2, 0.25) is 5.13 Å². The van der Waals surface area contributed by atoms with E-state index in [1.54, 1.807) is 18.3 Å². The van der Waals surface area contributed by atoms with Crippen LogP contribution in [0.4, 0.5) is 9.52 Å². The van der Waals surface area contributed by atoms with Gasteiger partial charge in [0.15, 0.2) is 0 Å². The monoisotopic (exact) mass is 437 g/mol. The normalized spacial score (nSPS) is 11.0. The smallest absolute Gasteiger partial charge is 0.203 e. The Morgan fingerprint density at radius 1 is 1.07 bits per heavy atom. The van der Waals surface area contributed by atoms with Gasteiger partial charge in [0, 0.05) is 27.6 Å². The average Bonchev–Trinajstić information content (AvgIpc) is 3.23. The van der Waals surface area contributed by atoms with Gasteiger partial charge in [0.1, 0.15) is 18.2 Å². The zero-order chi connectivity index (χ0) is 20.8. The first-order chi connectivity index (χ1) is 14.7. The molecule has 0 aliphatic rings. The van der Waals surface area contributed by atoms with Gasteiger partial charge in [-0.2, -0.15) is 5.10 Å².